The first-order chi connectivity index (χ1) is 8.70. The molecule has 4 nitrogen and oxygen atoms in total. The Bertz CT molecular complexity index is 544. The lowest BCUT2D eigenvalue weighted by Crippen LogP contribution is -2.06. The molecule has 0 aliphatic heterocycles. The number of carbonyl (C=O) groups excluding carboxylic acids is 1. The number of halogens is 1. The smallest absolute Gasteiger partial charge is 0.356 e. The third-order valence-corrected chi connectivity index (χ3v) is 2.66. The van der Waals surface area contributed by atoms with Gasteiger partial charge in [-0.05, 0) is 37.6 Å². The lowest BCUT2D eigenvalue weighted by atomic mass is 10.1. The van der Waals surface area contributed by atoms with E-state index < -0.39 is 0 Å². The minimum absolute atomic E-state index is 0.344. The van der Waals surface area contributed by atoms with Crippen LogP contribution < -0.4 is 5.73 Å². The van der Waals surface area contributed by atoms with Gasteiger partial charge in [-0.1, -0.05) is 22.0 Å². The van der Waals surface area contributed by atoms with Crippen molar-refractivity contribution in [3.8, 4) is 0 Å². The van der Waals surface area contributed by atoms with Crippen LogP contribution in [-0.4, -0.2) is 24.6 Å². The molecule has 18 heavy (non-hydrogen) atoms. The Hall–Kier alpha value is -1.46. The number of hydrogen-bond donors (Lipinski definition) is 1. The van der Waals surface area contributed by atoms with Crippen LogP contribution in [0.1, 0.15) is 17.4 Å². The summed E-state index contributed by atoms with van der Waals surface area (Å²) in [6.45, 7) is 2.13. The van der Waals surface area contributed by atoms with Crippen LogP contribution in [0.25, 0.3) is 10.8 Å². The van der Waals surface area contributed by atoms with Gasteiger partial charge >= 0.3 is 5.97 Å². The van der Waals surface area contributed by atoms with Gasteiger partial charge in [-0.25, -0.2) is 9.78 Å². The summed E-state index contributed by atoms with van der Waals surface area (Å²) in [7, 11) is 1.50. The predicted octanol–water partition coefficient (Wildman–Crippen LogP) is 2.75. The van der Waals surface area contributed by atoms with Gasteiger partial charge in [0.15, 0.2) is 0 Å². The van der Waals surface area contributed by atoms with Crippen molar-refractivity contribution in [2.75, 3.05) is 13.7 Å². The largest absolute Gasteiger partial charge is 0.461 e. The van der Waals surface area contributed by atoms with E-state index in [1.54, 1.807) is 19.2 Å². The minimum atomic E-state index is -0.382. The first kappa shape index (κ1) is 14.6. The second kappa shape index (κ2) is 7.08. The Balaban J connectivity index is 0.000000771. The highest BCUT2D eigenvalue weighted by molar-refractivity contribution is 9.10. The van der Waals surface area contributed by atoms with Crippen molar-refractivity contribution in [1.82, 2.24) is 4.98 Å². The van der Waals surface area contributed by atoms with E-state index in [0.29, 0.717) is 12.3 Å². The van der Waals surface area contributed by atoms with Crippen molar-refractivity contribution in [3.63, 3.8) is 0 Å². The zero-order valence-electron chi connectivity index (χ0n) is 10.3. The highest BCUT2D eigenvalue weighted by atomic mass is 79.9. The highest BCUT2D eigenvalue weighted by Crippen LogP contribution is 2.19. The molecule has 5 heteroatoms. The van der Waals surface area contributed by atoms with Gasteiger partial charge in [-0.15, -0.1) is 0 Å². The molecule has 2 rings (SSSR count). The van der Waals surface area contributed by atoms with Crippen LogP contribution in [-0.2, 0) is 4.74 Å². The molecular weight excluding hydrogens is 296 g/mol. The molecule has 0 saturated heterocycles. The summed E-state index contributed by atoms with van der Waals surface area (Å²) in [5, 5.41) is 1.96. The van der Waals surface area contributed by atoms with Gasteiger partial charge in [0.05, 0.1) is 6.61 Å². The molecule has 0 fully saturated rings. The van der Waals surface area contributed by atoms with E-state index in [0.717, 1.165) is 15.2 Å². The summed E-state index contributed by atoms with van der Waals surface area (Å²) in [6.07, 6.45) is 1.67. The van der Waals surface area contributed by atoms with Crippen molar-refractivity contribution in [3.05, 3.63) is 40.6 Å². The fraction of sp³-hybridized carbons (Fsp3) is 0.231. The van der Waals surface area contributed by atoms with Crippen molar-refractivity contribution >= 4 is 32.7 Å². The van der Waals surface area contributed by atoms with E-state index in [-0.39, 0.29) is 5.97 Å². The van der Waals surface area contributed by atoms with Crippen LogP contribution in [0.3, 0.4) is 0 Å². The summed E-state index contributed by atoms with van der Waals surface area (Å²) >= 11 is 3.39. The zero-order chi connectivity index (χ0) is 13.5. The van der Waals surface area contributed by atoms with Gasteiger partial charge in [-0.2, -0.15) is 0 Å². The number of aromatic nitrogens is 1. The van der Waals surface area contributed by atoms with E-state index in [9.17, 15) is 4.79 Å². The van der Waals surface area contributed by atoms with Gasteiger partial charge in [0.1, 0.15) is 5.69 Å². The summed E-state index contributed by atoms with van der Waals surface area (Å²) in [5.74, 6) is -0.382. The predicted molar refractivity (Wildman–Crippen MR) is 75.5 cm³/mol. The van der Waals surface area contributed by atoms with E-state index in [1.807, 2.05) is 18.2 Å². The van der Waals surface area contributed by atoms with Crippen LogP contribution in [0, 0.1) is 0 Å². The molecule has 0 radical (unpaired) electrons. The highest BCUT2D eigenvalue weighted by Gasteiger charge is 2.08. The lowest BCUT2D eigenvalue weighted by Gasteiger charge is -2.03. The van der Waals surface area contributed by atoms with E-state index >= 15 is 0 Å². The third-order valence-electron chi connectivity index (χ3n) is 2.17. The second-order valence-electron chi connectivity index (χ2n) is 3.28. The molecule has 2 aromatic rings. The summed E-state index contributed by atoms with van der Waals surface area (Å²) in [6, 6.07) is 7.55. The second-order valence-corrected chi connectivity index (χ2v) is 4.20. The SMILES string of the molecule is CCOC(=O)c1cc2ccc(Br)cc2cn1.CN. The Morgan fingerprint density at radius 2 is 2.06 bits per heavy atom. The number of esters is 1. The van der Waals surface area contributed by atoms with Crippen LogP contribution in [0.5, 0.6) is 0 Å². The Morgan fingerprint density at radius 1 is 1.33 bits per heavy atom. The molecule has 2 N–H and O–H groups in total. The van der Waals surface area contributed by atoms with E-state index in [2.05, 4.69) is 26.6 Å². The molecule has 1 aromatic carbocycles. The Kier molecular flexibility index (Phi) is 5.74. The number of carbonyl (C=O) groups is 1. The molecule has 0 amide bonds. The number of nitrogens with zero attached hydrogens (tertiary/aromatic N) is 1. The first-order valence-electron chi connectivity index (χ1n) is 5.51. The maximum Gasteiger partial charge on any atom is 0.356 e. The minimum Gasteiger partial charge on any atom is -0.461 e. The number of rotatable bonds is 2. The number of benzene rings is 1. The Morgan fingerprint density at radius 3 is 2.72 bits per heavy atom. The fourth-order valence-corrected chi connectivity index (χ4v) is 1.81. The van der Waals surface area contributed by atoms with Crippen LogP contribution >= 0.6 is 15.9 Å². The molecule has 0 unspecified atom stereocenters. The van der Waals surface area contributed by atoms with Gasteiger partial charge in [-0.3, -0.25) is 0 Å². The Labute approximate surface area is 114 Å². The maximum absolute atomic E-state index is 11.5. The molecular formula is C13H15BrN2O2. The topological polar surface area (TPSA) is 65.2 Å². The summed E-state index contributed by atoms with van der Waals surface area (Å²) in [4.78, 5) is 15.5. The molecule has 0 aliphatic carbocycles. The van der Waals surface area contributed by atoms with Gasteiger partial charge in [0, 0.05) is 16.1 Å². The molecule has 1 heterocycles. The molecule has 1 aromatic heterocycles. The molecule has 0 atom stereocenters. The summed E-state index contributed by atoms with van der Waals surface area (Å²) < 4.78 is 5.88. The summed E-state index contributed by atoms with van der Waals surface area (Å²) in [5.41, 5.74) is 4.84. The number of nitrogens with two attached hydrogens (primary N) is 1. The molecule has 0 bridgehead atoms. The standard InChI is InChI=1S/C12H10BrNO2.CH5N/c1-2-16-12(15)11-6-8-3-4-10(13)5-9(8)7-14-11;1-2/h3-7H,2H2,1H3;2H2,1H3. The normalized spacial score (nSPS) is 9.56. The van der Waals surface area contributed by atoms with Crippen LogP contribution in [0.15, 0.2) is 34.9 Å². The van der Waals surface area contributed by atoms with Crippen LogP contribution in [0.4, 0.5) is 0 Å². The third kappa shape index (κ3) is 3.51. The van der Waals surface area contributed by atoms with Crippen LogP contribution in [0.2, 0.25) is 0 Å². The molecule has 0 spiro atoms. The van der Waals surface area contributed by atoms with E-state index in [4.69, 9.17) is 4.74 Å². The van der Waals surface area contributed by atoms with Gasteiger partial charge in [0.25, 0.3) is 0 Å². The molecule has 96 valence electrons. The maximum atomic E-state index is 11.5. The quantitative estimate of drug-likeness (QED) is 0.866. The average Bonchev–Trinajstić information content (AvgIpc) is 2.40. The number of fused-ring (bicyclic) bond motifs is 1. The van der Waals surface area contributed by atoms with Crippen molar-refractivity contribution in [2.24, 2.45) is 5.73 Å². The van der Waals surface area contributed by atoms with Gasteiger partial charge in [0.2, 0.25) is 0 Å². The first-order valence-corrected chi connectivity index (χ1v) is 6.30. The lowest BCUT2D eigenvalue weighted by molar-refractivity contribution is 0.0520. The van der Waals surface area contributed by atoms with E-state index in [1.165, 1.54) is 7.05 Å². The van der Waals surface area contributed by atoms with Crippen molar-refractivity contribution in [1.29, 1.82) is 0 Å². The number of pyridine rings is 1. The zero-order valence-corrected chi connectivity index (χ0v) is 11.9. The molecule has 0 saturated carbocycles. The van der Waals surface area contributed by atoms with Gasteiger partial charge < -0.3 is 10.5 Å². The average molecular weight is 311 g/mol. The number of ether oxygens (including phenoxy) is 1. The molecule has 0 aliphatic rings. The van der Waals surface area contributed by atoms with Crippen molar-refractivity contribution < 1.29 is 9.53 Å². The van der Waals surface area contributed by atoms with Crippen molar-refractivity contribution in [2.45, 2.75) is 6.92 Å². The number of hydrogen-bond acceptors (Lipinski definition) is 4. The fourth-order valence-electron chi connectivity index (χ4n) is 1.43. The monoisotopic (exact) mass is 310 g/mol.